The van der Waals surface area contributed by atoms with Gasteiger partial charge in [0.05, 0.1) is 51.5 Å². The van der Waals surface area contributed by atoms with Gasteiger partial charge < -0.3 is 14.1 Å². The van der Waals surface area contributed by atoms with Crippen LogP contribution >= 0.6 is 0 Å². The van der Waals surface area contributed by atoms with Crippen LogP contribution < -0.4 is 15.4 Å². The Bertz CT molecular complexity index is 2320. The molecule has 0 radical (unpaired) electrons. The van der Waals surface area contributed by atoms with Crippen LogP contribution in [-0.2, 0) is 17.6 Å². The maximum Gasteiger partial charge on any atom is 0.434 e. The van der Waals surface area contributed by atoms with Gasteiger partial charge in [-0.15, -0.1) is 5.10 Å². The Balaban J connectivity index is 1.31. The second-order valence-corrected chi connectivity index (χ2v) is 13.5. The molecule has 2 amide bonds. The van der Waals surface area contributed by atoms with Crippen LogP contribution in [-0.4, -0.2) is 49.0 Å². The fraction of sp³-hybridized carbons (Fsp3) is 0.289. The third-order valence-electron chi connectivity index (χ3n) is 9.90. The smallest absolute Gasteiger partial charge is 0.434 e. The maximum atomic E-state index is 14.2. The molecule has 0 unspecified atom stereocenters. The summed E-state index contributed by atoms with van der Waals surface area (Å²) < 4.78 is 25.6. The molecule has 2 aromatic carbocycles. The van der Waals surface area contributed by atoms with Gasteiger partial charge in [-0.2, -0.15) is 5.26 Å². The van der Waals surface area contributed by atoms with Gasteiger partial charge in [0, 0.05) is 18.3 Å². The number of nitrogens with zero attached hydrogens (tertiary/aromatic N) is 6. The zero-order chi connectivity index (χ0) is 35.6. The zero-order valence-electron chi connectivity index (χ0n) is 28.1. The van der Waals surface area contributed by atoms with E-state index in [0.717, 1.165) is 18.4 Å². The van der Waals surface area contributed by atoms with E-state index >= 15 is 0 Å². The molecule has 1 fully saturated rings. The number of carbonyl (C=O) groups excluding carboxylic acids is 2. The fourth-order valence-corrected chi connectivity index (χ4v) is 7.40. The second-order valence-electron chi connectivity index (χ2n) is 13.5. The number of anilines is 1. The van der Waals surface area contributed by atoms with Crippen molar-refractivity contribution in [2.75, 3.05) is 11.4 Å². The fourth-order valence-electron chi connectivity index (χ4n) is 7.40. The molecule has 3 aliphatic heterocycles. The van der Waals surface area contributed by atoms with Crippen LogP contribution in [0, 0.1) is 17.1 Å². The Morgan fingerprint density at radius 3 is 2.57 bits per heavy atom. The standard InChI is InChI=1S/C38H32FN7O5/c1-20(25-13-9-22(18-40)19-41-25)46-27-15-10-23(17-29(27)51-38(2,3)36(46)48)30-31(34-43-44-37(49)50-34)26(14-8-21-6-11-24(39)12-7-21)42-33-28-5-4-16-45(28)35(47)32(30)33/h6-7,9-13,15,17,19-20,28H,4-5,8,14,16H2,1-3H3,(H,44,49)/t20-,28-/m0/s1. The highest BCUT2D eigenvalue weighted by atomic mass is 19.1. The number of benzene rings is 2. The van der Waals surface area contributed by atoms with Crippen LogP contribution in [0.5, 0.6) is 5.75 Å². The number of hydrogen-bond acceptors (Lipinski definition) is 9. The molecule has 2 atom stereocenters. The highest BCUT2D eigenvalue weighted by molar-refractivity contribution is 6.09. The van der Waals surface area contributed by atoms with Gasteiger partial charge in [0.25, 0.3) is 17.7 Å². The number of rotatable bonds is 7. The SMILES string of the molecule is C[C@@H](c1ccc(C#N)cn1)N1C(=O)C(C)(C)Oc2cc(-c3c4c(nc(CCc5ccc(F)cc5)c3-c3n[nH]c(=O)o3)[C@@H]3CCCN3C4=O)ccc21. The molecule has 0 saturated carbocycles. The average Bonchev–Trinajstić information content (AvgIpc) is 3.85. The minimum absolute atomic E-state index is 0.0180. The Morgan fingerprint density at radius 2 is 1.86 bits per heavy atom. The molecule has 0 spiro atoms. The average molecular weight is 686 g/mol. The monoisotopic (exact) mass is 685 g/mol. The lowest BCUT2D eigenvalue weighted by Gasteiger charge is -2.41. The van der Waals surface area contributed by atoms with Crippen LogP contribution in [0.2, 0.25) is 0 Å². The number of aryl methyl sites for hydroxylation is 2. The van der Waals surface area contributed by atoms with Gasteiger partial charge in [0.2, 0.25) is 0 Å². The first-order valence-corrected chi connectivity index (χ1v) is 16.7. The van der Waals surface area contributed by atoms with Gasteiger partial charge >= 0.3 is 5.76 Å². The molecule has 256 valence electrons. The first-order valence-electron chi connectivity index (χ1n) is 16.7. The molecule has 0 aliphatic carbocycles. The lowest BCUT2D eigenvalue weighted by Crippen LogP contribution is -2.53. The van der Waals surface area contributed by atoms with Crippen LogP contribution in [0.4, 0.5) is 10.1 Å². The van der Waals surface area contributed by atoms with Gasteiger partial charge in [0.15, 0.2) is 5.60 Å². The normalized spacial score (nSPS) is 17.8. The van der Waals surface area contributed by atoms with Crippen LogP contribution in [0.25, 0.3) is 22.6 Å². The molecule has 12 nitrogen and oxygen atoms in total. The Labute approximate surface area is 291 Å². The van der Waals surface area contributed by atoms with Crippen molar-refractivity contribution in [3.8, 4) is 34.4 Å². The summed E-state index contributed by atoms with van der Waals surface area (Å²) >= 11 is 0. The summed E-state index contributed by atoms with van der Waals surface area (Å²) in [5.41, 5.74) is 4.23. The van der Waals surface area contributed by atoms with Gasteiger partial charge in [0.1, 0.15) is 17.6 Å². The molecule has 51 heavy (non-hydrogen) atoms. The highest BCUT2D eigenvalue weighted by Gasteiger charge is 2.46. The van der Waals surface area contributed by atoms with E-state index in [4.69, 9.17) is 14.1 Å². The van der Waals surface area contributed by atoms with Gasteiger partial charge in [-0.1, -0.05) is 18.2 Å². The first kappa shape index (κ1) is 32.1. The van der Waals surface area contributed by atoms with E-state index in [9.17, 15) is 24.0 Å². The predicted octanol–water partition coefficient (Wildman–Crippen LogP) is 5.84. The molecule has 5 aromatic rings. The predicted molar refractivity (Wildman–Crippen MR) is 182 cm³/mol. The van der Waals surface area contributed by atoms with E-state index in [2.05, 4.69) is 21.3 Å². The van der Waals surface area contributed by atoms with Crippen molar-refractivity contribution < 1.29 is 23.1 Å². The number of aromatic amines is 1. The lowest BCUT2D eigenvalue weighted by molar-refractivity contribution is -0.133. The Morgan fingerprint density at radius 1 is 1.06 bits per heavy atom. The molecule has 3 aliphatic rings. The summed E-state index contributed by atoms with van der Waals surface area (Å²) in [6, 6.07) is 16.3. The van der Waals surface area contributed by atoms with Crippen molar-refractivity contribution >= 4 is 17.5 Å². The lowest BCUT2D eigenvalue weighted by atomic mass is 9.89. The van der Waals surface area contributed by atoms with Crippen molar-refractivity contribution in [2.24, 2.45) is 0 Å². The number of amides is 2. The van der Waals surface area contributed by atoms with E-state index in [1.165, 1.54) is 18.3 Å². The molecule has 1 N–H and O–H groups in total. The number of fused-ring (bicyclic) bond motifs is 4. The van der Waals surface area contributed by atoms with Crippen molar-refractivity contribution in [1.29, 1.82) is 5.26 Å². The first-order chi connectivity index (χ1) is 24.5. The summed E-state index contributed by atoms with van der Waals surface area (Å²) in [5, 5.41) is 15.8. The van der Waals surface area contributed by atoms with Crippen LogP contribution in [0.15, 0.2) is 70.0 Å². The number of nitriles is 1. The highest BCUT2D eigenvalue weighted by Crippen LogP contribution is 2.50. The topological polar surface area (TPSA) is 158 Å². The van der Waals surface area contributed by atoms with Crippen molar-refractivity contribution in [1.82, 2.24) is 25.1 Å². The molecule has 6 heterocycles. The third kappa shape index (κ3) is 5.34. The number of hydrogen-bond donors (Lipinski definition) is 1. The number of aromatic nitrogens is 4. The molecule has 0 bridgehead atoms. The van der Waals surface area contributed by atoms with E-state index in [0.29, 0.717) is 75.7 Å². The molecular weight excluding hydrogens is 653 g/mol. The van der Waals surface area contributed by atoms with E-state index < -0.39 is 17.4 Å². The Hall–Kier alpha value is -6.16. The number of ether oxygens (including phenoxy) is 1. The minimum atomic E-state index is -1.26. The maximum absolute atomic E-state index is 14.2. The summed E-state index contributed by atoms with van der Waals surface area (Å²) in [4.78, 5) is 53.4. The van der Waals surface area contributed by atoms with E-state index in [-0.39, 0.29) is 29.6 Å². The number of halogens is 1. The number of nitrogens with one attached hydrogen (secondary N) is 1. The number of H-pyrrole nitrogens is 1. The van der Waals surface area contributed by atoms with Crippen molar-refractivity contribution in [3.05, 3.63) is 111 Å². The molecular formula is C38H32FN7O5. The largest absolute Gasteiger partial charge is 0.476 e. The number of carbonyl (C=O) groups is 2. The molecule has 8 rings (SSSR count). The second kappa shape index (κ2) is 12.0. The number of pyridine rings is 2. The van der Waals surface area contributed by atoms with E-state index in [1.807, 2.05) is 17.9 Å². The molecule has 1 saturated heterocycles. The molecule has 13 heteroatoms. The summed E-state index contributed by atoms with van der Waals surface area (Å²) in [6.07, 6.45) is 3.96. The van der Waals surface area contributed by atoms with Gasteiger partial charge in [-0.3, -0.25) is 24.5 Å². The third-order valence-corrected chi connectivity index (χ3v) is 9.90. The van der Waals surface area contributed by atoms with Crippen LogP contribution in [0.3, 0.4) is 0 Å². The van der Waals surface area contributed by atoms with E-state index in [1.54, 1.807) is 55.1 Å². The minimum Gasteiger partial charge on any atom is -0.476 e. The van der Waals surface area contributed by atoms with Crippen molar-refractivity contribution in [3.63, 3.8) is 0 Å². The van der Waals surface area contributed by atoms with Gasteiger partial charge in [-0.25, -0.2) is 14.3 Å². The van der Waals surface area contributed by atoms with Crippen LogP contribution in [0.1, 0.15) is 84.3 Å². The zero-order valence-corrected chi connectivity index (χ0v) is 28.1. The van der Waals surface area contributed by atoms with Crippen molar-refractivity contribution in [2.45, 2.75) is 64.1 Å². The molecule has 3 aromatic heterocycles. The Kier molecular flexibility index (Phi) is 7.55. The summed E-state index contributed by atoms with van der Waals surface area (Å²) in [5.74, 6) is -1.16. The van der Waals surface area contributed by atoms with Gasteiger partial charge in [-0.05, 0) is 94.0 Å². The summed E-state index contributed by atoms with van der Waals surface area (Å²) in [6.45, 7) is 5.84. The summed E-state index contributed by atoms with van der Waals surface area (Å²) in [7, 11) is 0. The quantitative estimate of drug-likeness (QED) is 0.222.